The van der Waals surface area contributed by atoms with Gasteiger partial charge < -0.3 is 5.32 Å². The van der Waals surface area contributed by atoms with Crippen molar-refractivity contribution in [2.24, 2.45) is 0 Å². The molecule has 0 spiro atoms. The standard InChI is InChI=1S/C17H17F2NS/c18-13-3-1-4-14(11-13)21-16-6-2-5-15(19)17(16)12-7-9-20-10-8-12/h1-6,11-12,20H,7-10H2. The Morgan fingerprint density at radius 1 is 1.00 bits per heavy atom. The Morgan fingerprint density at radius 2 is 1.76 bits per heavy atom. The van der Waals surface area contributed by atoms with Gasteiger partial charge in [0.05, 0.1) is 0 Å². The Bertz CT molecular complexity index is 624. The Kier molecular flexibility index (Phi) is 4.56. The van der Waals surface area contributed by atoms with E-state index in [1.165, 1.54) is 30.0 Å². The molecule has 0 amide bonds. The van der Waals surface area contributed by atoms with Crippen molar-refractivity contribution in [3.8, 4) is 0 Å². The lowest BCUT2D eigenvalue weighted by atomic mass is 9.90. The molecule has 3 rings (SSSR count). The zero-order valence-corrected chi connectivity index (χ0v) is 12.4. The van der Waals surface area contributed by atoms with Gasteiger partial charge in [0.15, 0.2) is 0 Å². The predicted octanol–water partition coefficient (Wildman–Crippen LogP) is 4.58. The van der Waals surface area contributed by atoms with E-state index in [-0.39, 0.29) is 17.6 Å². The highest BCUT2D eigenvalue weighted by Gasteiger charge is 2.22. The molecule has 1 fully saturated rings. The average molecular weight is 305 g/mol. The van der Waals surface area contributed by atoms with Crippen LogP contribution in [0.1, 0.15) is 24.3 Å². The maximum absolute atomic E-state index is 14.3. The molecule has 1 saturated heterocycles. The number of rotatable bonds is 3. The van der Waals surface area contributed by atoms with Gasteiger partial charge in [0.1, 0.15) is 11.6 Å². The van der Waals surface area contributed by atoms with Crippen molar-refractivity contribution in [3.63, 3.8) is 0 Å². The van der Waals surface area contributed by atoms with Crippen LogP contribution in [0.25, 0.3) is 0 Å². The fourth-order valence-electron chi connectivity index (χ4n) is 2.77. The summed E-state index contributed by atoms with van der Waals surface area (Å²) in [6.07, 6.45) is 1.88. The first-order valence-electron chi connectivity index (χ1n) is 7.16. The molecular formula is C17H17F2NS. The maximum atomic E-state index is 14.3. The average Bonchev–Trinajstić information content (AvgIpc) is 2.48. The molecule has 0 aliphatic carbocycles. The molecule has 1 nitrogen and oxygen atoms in total. The fourth-order valence-corrected chi connectivity index (χ4v) is 3.86. The van der Waals surface area contributed by atoms with Gasteiger partial charge in [0.2, 0.25) is 0 Å². The molecule has 0 unspecified atom stereocenters. The zero-order valence-electron chi connectivity index (χ0n) is 11.6. The lowest BCUT2D eigenvalue weighted by Gasteiger charge is -2.25. The highest BCUT2D eigenvalue weighted by molar-refractivity contribution is 7.99. The maximum Gasteiger partial charge on any atom is 0.127 e. The van der Waals surface area contributed by atoms with Crippen LogP contribution in [0.4, 0.5) is 8.78 Å². The summed E-state index contributed by atoms with van der Waals surface area (Å²) in [5.74, 6) is -0.174. The minimum Gasteiger partial charge on any atom is -0.317 e. The summed E-state index contributed by atoms with van der Waals surface area (Å²) >= 11 is 1.44. The van der Waals surface area contributed by atoms with Gasteiger partial charge in [-0.15, -0.1) is 0 Å². The molecule has 2 aromatic rings. The normalized spacial score (nSPS) is 16.1. The first-order chi connectivity index (χ1) is 10.2. The Hall–Kier alpha value is -1.39. The molecule has 21 heavy (non-hydrogen) atoms. The van der Waals surface area contributed by atoms with Crippen LogP contribution in [-0.4, -0.2) is 13.1 Å². The van der Waals surface area contributed by atoms with E-state index in [2.05, 4.69) is 5.32 Å². The molecule has 110 valence electrons. The first kappa shape index (κ1) is 14.5. The number of hydrogen-bond donors (Lipinski definition) is 1. The van der Waals surface area contributed by atoms with Crippen molar-refractivity contribution in [2.75, 3.05) is 13.1 Å². The van der Waals surface area contributed by atoms with Crippen molar-refractivity contribution in [1.29, 1.82) is 0 Å². The summed E-state index contributed by atoms with van der Waals surface area (Å²) in [4.78, 5) is 1.70. The molecule has 0 saturated carbocycles. The second-order valence-corrected chi connectivity index (χ2v) is 6.35. The smallest absolute Gasteiger partial charge is 0.127 e. The minimum atomic E-state index is -0.264. The lowest BCUT2D eigenvalue weighted by Crippen LogP contribution is -2.27. The third kappa shape index (κ3) is 3.44. The summed E-state index contributed by atoms with van der Waals surface area (Å²) in [5.41, 5.74) is 0.785. The lowest BCUT2D eigenvalue weighted by molar-refractivity contribution is 0.439. The highest BCUT2D eigenvalue weighted by atomic mass is 32.2. The number of halogens is 2. The third-order valence-electron chi connectivity index (χ3n) is 3.78. The van der Waals surface area contributed by atoms with Crippen LogP contribution in [0.3, 0.4) is 0 Å². The quantitative estimate of drug-likeness (QED) is 0.890. The second-order valence-electron chi connectivity index (χ2n) is 5.24. The molecule has 0 atom stereocenters. The molecule has 1 heterocycles. The summed E-state index contributed by atoms with van der Waals surface area (Å²) in [7, 11) is 0. The Labute approximate surface area is 127 Å². The summed E-state index contributed by atoms with van der Waals surface area (Å²) in [6.45, 7) is 1.84. The number of piperidine rings is 1. The van der Waals surface area contributed by atoms with E-state index in [9.17, 15) is 8.78 Å². The van der Waals surface area contributed by atoms with Crippen LogP contribution in [-0.2, 0) is 0 Å². The van der Waals surface area contributed by atoms with Crippen molar-refractivity contribution in [1.82, 2.24) is 5.32 Å². The highest BCUT2D eigenvalue weighted by Crippen LogP contribution is 2.38. The minimum absolute atomic E-state index is 0.150. The van der Waals surface area contributed by atoms with Gasteiger partial charge in [-0.05, 0) is 62.2 Å². The molecule has 4 heteroatoms. The molecule has 0 bridgehead atoms. The summed E-state index contributed by atoms with van der Waals surface area (Å²) in [6, 6.07) is 11.6. The molecule has 0 aromatic heterocycles. The second kappa shape index (κ2) is 6.58. The predicted molar refractivity (Wildman–Crippen MR) is 81.8 cm³/mol. The van der Waals surface area contributed by atoms with Crippen molar-refractivity contribution >= 4 is 11.8 Å². The molecule has 2 aromatic carbocycles. The van der Waals surface area contributed by atoms with Gasteiger partial charge in [-0.3, -0.25) is 0 Å². The molecule has 1 N–H and O–H groups in total. The van der Waals surface area contributed by atoms with Crippen LogP contribution < -0.4 is 5.32 Å². The topological polar surface area (TPSA) is 12.0 Å². The van der Waals surface area contributed by atoms with Gasteiger partial charge in [-0.2, -0.15) is 0 Å². The van der Waals surface area contributed by atoms with Crippen LogP contribution in [0, 0.1) is 11.6 Å². The monoisotopic (exact) mass is 305 g/mol. The summed E-state index contributed by atoms with van der Waals surface area (Å²) < 4.78 is 27.6. The number of nitrogens with one attached hydrogen (secondary N) is 1. The van der Waals surface area contributed by atoms with Crippen LogP contribution in [0.15, 0.2) is 52.3 Å². The SMILES string of the molecule is Fc1cccc(Sc2cccc(F)c2C2CCNCC2)c1. The van der Waals surface area contributed by atoms with E-state index in [0.717, 1.165) is 41.3 Å². The van der Waals surface area contributed by atoms with Gasteiger partial charge >= 0.3 is 0 Å². The molecule has 0 radical (unpaired) electrons. The largest absolute Gasteiger partial charge is 0.317 e. The fraction of sp³-hybridized carbons (Fsp3) is 0.294. The third-order valence-corrected chi connectivity index (χ3v) is 4.85. The van der Waals surface area contributed by atoms with E-state index in [0.29, 0.717) is 0 Å². The van der Waals surface area contributed by atoms with Crippen LogP contribution in [0.5, 0.6) is 0 Å². The van der Waals surface area contributed by atoms with E-state index < -0.39 is 0 Å². The van der Waals surface area contributed by atoms with Crippen molar-refractivity contribution < 1.29 is 8.78 Å². The molecular weight excluding hydrogens is 288 g/mol. The number of benzene rings is 2. The van der Waals surface area contributed by atoms with Crippen LogP contribution in [0.2, 0.25) is 0 Å². The van der Waals surface area contributed by atoms with E-state index in [1.54, 1.807) is 12.1 Å². The van der Waals surface area contributed by atoms with E-state index >= 15 is 0 Å². The molecule has 1 aliphatic rings. The van der Waals surface area contributed by atoms with Gasteiger partial charge in [0.25, 0.3) is 0 Å². The summed E-state index contributed by atoms with van der Waals surface area (Å²) in [5, 5.41) is 3.30. The number of hydrogen-bond acceptors (Lipinski definition) is 2. The van der Waals surface area contributed by atoms with Gasteiger partial charge in [-0.25, -0.2) is 8.78 Å². The van der Waals surface area contributed by atoms with Crippen LogP contribution >= 0.6 is 11.8 Å². The van der Waals surface area contributed by atoms with Gasteiger partial charge in [0, 0.05) is 15.4 Å². The van der Waals surface area contributed by atoms with E-state index in [4.69, 9.17) is 0 Å². The Balaban J connectivity index is 1.92. The zero-order chi connectivity index (χ0) is 14.7. The van der Waals surface area contributed by atoms with Crippen molar-refractivity contribution in [2.45, 2.75) is 28.6 Å². The first-order valence-corrected chi connectivity index (χ1v) is 7.98. The Morgan fingerprint density at radius 3 is 2.52 bits per heavy atom. The molecule has 1 aliphatic heterocycles. The van der Waals surface area contributed by atoms with E-state index in [1.807, 2.05) is 12.1 Å². The van der Waals surface area contributed by atoms with Gasteiger partial charge in [-0.1, -0.05) is 23.9 Å². The van der Waals surface area contributed by atoms with Crippen molar-refractivity contribution in [3.05, 3.63) is 59.7 Å².